The molecule has 0 aromatic heterocycles. The van der Waals surface area contributed by atoms with E-state index in [4.69, 9.17) is 18.9 Å². The predicted molar refractivity (Wildman–Crippen MR) is 55.1 cm³/mol. The topological polar surface area (TPSA) is 54.0 Å². The minimum Gasteiger partial charge on any atom is -0.457 e. The average molecular weight is 266 g/mol. The molecule has 0 N–H and O–H groups in total. The van der Waals surface area contributed by atoms with Gasteiger partial charge in [0.05, 0.1) is 0 Å². The lowest BCUT2D eigenvalue weighted by atomic mass is 10.1. The largest absolute Gasteiger partial charge is 0.457 e. The zero-order valence-corrected chi connectivity index (χ0v) is 10.4. The van der Waals surface area contributed by atoms with E-state index < -0.39 is 49.2 Å². The molecule has 7 heteroatoms. The molecule has 2 aliphatic heterocycles. The number of ether oxygens (including phenoxy) is 4. The van der Waals surface area contributed by atoms with Gasteiger partial charge >= 0.3 is 5.97 Å². The van der Waals surface area contributed by atoms with Gasteiger partial charge in [-0.2, -0.15) is 0 Å². The van der Waals surface area contributed by atoms with Crippen molar-refractivity contribution < 1.29 is 32.5 Å². The third-order valence-corrected chi connectivity index (χ3v) is 2.83. The van der Waals surface area contributed by atoms with Crippen molar-refractivity contribution in [2.45, 2.75) is 57.3 Å². The number of esters is 1. The van der Waals surface area contributed by atoms with E-state index in [2.05, 4.69) is 0 Å². The van der Waals surface area contributed by atoms with Crippen LogP contribution in [0.2, 0.25) is 0 Å². The van der Waals surface area contributed by atoms with Crippen LogP contribution in [0.1, 0.15) is 20.8 Å². The molecule has 0 radical (unpaired) electrons. The van der Waals surface area contributed by atoms with Crippen molar-refractivity contribution >= 4 is 5.97 Å². The Morgan fingerprint density at radius 3 is 2.67 bits per heavy atom. The van der Waals surface area contributed by atoms with E-state index in [1.807, 2.05) is 0 Å². The van der Waals surface area contributed by atoms with Crippen molar-refractivity contribution in [3.05, 3.63) is 0 Å². The highest BCUT2D eigenvalue weighted by molar-refractivity contribution is 5.66. The van der Waals surface area contributed by atoms with Crippen LogP contribution in [0.3, 0.4) is 0 Å². The van der Waals surface area contributed by atoms with Gasteiger partial charge in [0, 0.05) is 6.92 Å². The Kier molecular flexibility index (Phi) is 3.57. The molecule has 5 atom stereocenters. The summed E-state index contributed by atoms with van der Waals surface area (Å²) in [4.78, 5) is 11.0. The molecule has 5 nitrogen and oxygen atoms in total. The second-order valence-corrected chi connectivity index (χ2v) is 4.81. The van der Waals surface area contributed by atoms with Gasteiger partial charge in [0.1, 0.15) is 12.8 Å². The normalized spacial score (nSPS) is 39.4. The number of hydrogen-bond donors (Lipinski definition) is 0. The Morgan fingerprint density at radius 2 is 2.11 bits per heavy atom. The number of alkyl halides is 2. The van der Waals surface area contributed by atoms with Crippen LogP contribution >= 0.6 is 0 Å². The molecule has 0 spiro atoms. The summed E-state index contributed by atoms with van der Waals surface area (Å²) in [5, 5.41) is 0. The number of fused-ring (bicyclic) bond motifs is 1. The van der Waals surface area contributed by atoms with Gasteiger partial charge in [0.25, 0.3) is 0 Å². The third-order valence-electron chi connectivity index (χ3n) is 2.83. The standard InChI is InChI=1S/C11H16F2O5/c1-5(14)15-8-7(6(13)4-12)16-10-9(8)17-11(2,3)18-10/h6-10H,4H2,1-3H3/t6-,7-,8+,9-,10-/m1/s1. The first kappa shape index (κ1) is 13.6. The number of carbonyl (C=O) groups excluding carboxylic acids is 1. The van der Waals surface area contributed by atoms with Crippen LogP contribution in [0, 0.1) is 0 Å². The zero-order valence-electron chi connectivity index (χ0n) is 10.4. The van der Waals surface area contributed by atoms with Crippen molar-refractivity contribution in [3.8, 4) is 0 Å². The lowest BCUT2D eigenvalue weighted by Crippen LogP contribution is -2.42. The Morgan fingerprint density at radius 1 is 1.44 bits per heavy atom. The Hall–Kier alpha value is -0.790. The maximum absolute atomic E-state index is 13.4. The minimum absolute atomic E-state index is 0.603. The van der Waals surface area contributed by atoms with Crippen LogP contribution in [0.5, 0.6) is 0 Å². The van der Waals surface area contributed by atoms with E-state index in [0.717, 1.165) is 0 Å². The fourth-order valence-corrected chi connectivity index (χ4v) is 2.21. The van der Waals surface area contributed by atoms with E-state index in [9.17, 15) is 13.6 Å². The highest BCUT2D eigenvalue weighted by atomic mass is 19.2. The van der Waals surface area contributed by atoms with Crippen LogP contribution in [0.15, 0.2) is 0 Å². The van der Waals surface area contributed by atoms with Crippen LogP contribution in [-0.4, -0.2) is 49.2 Å². The first-order valence-electron chi connectivity index (χ1n) is 5.72. The Balaban J connectivity index is 2.14. The number of halogens is 2. The van der Waals surface area contributed by atoms with Gasteiger partial charge in [0.15, 0.2) is 30.5 Å². The molecule has 0 unspecified atom stereocenters. The predicted octanol–water partition coefficient (Wildman–Crippen LogP) is 1.10. The molecule has 2 saturated heterocycles. The van der Waals surface area contributed by atoms with E-state index in [0.29, 0.717) is 0 Å². The van der Waals surface area contributed by atoms with Crippen LogP contribution in [0.4, 0.5) is 8.78 Å². The Bertz CT molecular complexity index is 335. The van der Waals surface area contributed by atoms with E-state index in [-0.39, 0.29) is 0 Å². The first-order valence-corrected chi connectivity index (χ1v) is 5.72. The second-order valence-electron chi connectivity index (χ2n) is 4.81. The summed E-state index contributed by atoms with van der Waals surface area (Å²) >= 11 is 0. The number of carbonyl (C=O) groups is 1. The molecule has 2 aliphatic rings. The molecule has 0 bridgehead atoms. The second kappa shape index (κ2) is 4.71. The smallest absolute Gasteiger partial charge is 0.303 e. The van der Waals surface area contributed by atoms with Crippen molar-refractivity contribution in [2.24, 2.45) is 0 Å². The van der Waals surface area contributed by atoms with Gasteiger partial charge in [-0.3, -0.25) is 4.79 Å². The summed E-state index contributed by atoms with van der Waals surface area (Å²) in [6.45, 7) is 3.30. The molecular weight excluding hydrogens is 250 g/mol. The van der Waals surface area contributed by atoms with E-state index in [1.54, 1.807) is 13.8 Å². The molecule has 2 fully saturated rings. The summed E-state index contributed by atoms with van der Waals surface area (Å²) < 4.78 is 46.9. The van der Waals surface area contributed by atoms with Crippen molar-refractivity contribution in [1.82, 2.24) is 0 Å². The van der Waals surface area contributed by atoms with Crippen LogP contribution in [0.25, 0.3) is 0 Å². The van der Waals surface area contributed by atoms with Gasteiger partial charge in [-0.15, -0.1) is 0 Å². The maximum atomic E-state index is 13.4. The summed E-state index contributed by atoms with van der Waals surface area (Å²) in [5.41, 5.74) is 0. The number of hydrogen-bond acceptors (Lipinski definition) is 5. The van der Waals surface area contributed by atoms with Gasteiger partial charge in [-0.1, -0.05) is 0 Å². The van der Waals surface area contributed by atoms with Gasteiger partial charge < -0.3 is 18.9 Å². The molecule has 0 aliphatic carbocycles. The lowest BCUT2D eigenvalue weighted by molar-refractivity contribution is -0.225. The van der Waals surface area contributed by atoms with Gasteiger partial charge in [-0.25, -0.2) is 8.78 Å². The van der Waals surface area contributed by atoms with Crippen molar-refractivity contribution in [2.75, 3.05) is 6.67 Å². The lowest BCUT2D eigenvalue weighted by Gasteiger charge is -2.26. The highest BCUT2D eigenvalue weighted by Gasteiger charge is 2.58. The fourth-order valence-electron chi connectivity index (χ4n) is 2.21. The van der Waals surface area contributed by atoms with E-state index >= 15 is 0 Å². The highest BCUT2D eigenvalue weighted by Crippen LogP contribution is 2.40. The molecule has 0 amide bonds. The summed E-state index contributed by atoms with van der Waals surface area (Å²) in [6.07, 6.45) is -5.67. The van der Waals surface area contributed by atoms with Crippen molar-refractivity contribution in [3.63, 3.8) is 0 Å². The summed E-state index contributed by atoms with van der Waals surface area (Å²) in [5.74, 6) is -1.51. The van der Waals surface area contributed by atoms with Gasteiger partial charge in [-0.05, 0) is 13.8 Å². The van der Waals surface area contributed by atoms with E-state index in [1.165, 1.54) is 6.92 Å². The molecule has 0 saturated carbocycles. The zero-order chi connectivity index (χ0) is 13.5. The molecule has 2 rings (SSSR count). The quantitative estimate of drug-likeness (QED) is 0.716. The maximum Gasteiger partial charge on any atom is 0.303 e. The van der Waals surface area contributed by atoms with Crippen LogP contribution in [-0.2, 0) is 23.7 Å². The van der Waals surface area contributed by atoms with Crippen LogP contribution < -0.4 is 0 Å². The Labute approximate surface area is 103 Å². The molecule has 18 heavy (non-hydrogen) atoms. The summed E-state index contributed by atoms with van der Waals surface area (Å²) in [6, 6.07) is 0. The summed E-state index contributed by atoms with van der Waals surface area (Å²) in [7, 11) is 0. The third kappa shape index (κ3) is 2.48. The fraction of sp³-hybridized carbons (Fsp3) is 0.909. The SMILES string of the molecule is CC(=O)O[C@@H]1[C@H]2OC(C)(C)O[C@H]2O[C@@H]1[C@H](F)CF. The van der Waals surface area contributed by atoms with Gasteiger partial charge in [0.2, 0.25) is 0 Å². The molecule has 0 aromatic carbocycles. The molecule has 2 heterocycles. The number of rotatable bonds is 3. The van der Waals surface area contributed by atoms with Crippen molar-refractivity contribution in [1.29, 1.82) is 0 Å². The molecule has 104 valence electrons. The first-order chi connectivity index (χ1) is 8.34. The molecular formula is C11H16F2O5. The molecule has 0 aromatic rings. The average Bonchev–Trinajstić information content (AvgIpc) is 2.71. The monoisotopic (exact) mass is 266 g/mol. The minimum atomic E-state index is -1.88.